The van der Waals surface area contributed by atoms with Gasteiger partial charge in [-0.1, -0.05) is 0 Å². The van der Waals surface area contributed by atoms with Crippen LogP contribution in [0.25, 0.3) is 0 Å². The van der Waals surface area contributed by atoms with Gasteiger partial charge in [-0.2, -0.15) is 0 Å². The molecule has 0 N–H and O–H groups in total. The number of hydrogen-bond acceptors (Lipinski definition) is 9. The second-order valence-electron chi connectivity index (χ2n) is 3.69. The molecule has 0 fully saturated rings. The van der Waals surface area contributed by atoms with Gasteiger partial charge in [0.2, 0.25) is 0 Å². The molecule has 0 aliphatic heterocycles. The Morgan fingerprint density at radius 3 is 1.26 bits per heavy atom. The van der Waals surface area contributed by atoms with Crippen molar-refractivity contribution in [2.24, 2.45) is 0 Å². The van der Waals surface area contributed by atoms with Gasteiger partial charge in [0, 0.05) is 37.4 Å². The van der Waals surface area contributed by atoms with Gasteiger partial charge in [-0.15, -0.1) is 0 Å². The van der Waals surface area contributed by atoms with Crippen LogP contribution >= 0.6 is 0 Å². The van der Waals surface area contributed by atoms with E-state index >= 15 is 0 Å². The second kappa shape index (κ2) is 20.2. The van der Waals surface area contributed by atoms with Crippen LogP contribution < -0.4 is 139 Å². The molecule has 0 aliphatic rings. The molecule has 0 radical (unpaired) electrons. The summed E-state index contributed by atoms with van der Waals surface area (Å²) in [4.78, 5) is 42.7. The van der Waals surface area contributed by atoms with Gasteiger partial charge in [-0.3, -0.25) is 4.90 Å². The average Bonchev–Trinajstić information content (AvgIpc) is 2.25. The molecule has 0 aromatic heterocycles. The molecule has 0 aromatic carbocycles. The minimum absolute atomic E-state index is 0. The van der Waals surface area contributed by atoms with Gasteiger partial charge < -0.3 is 39.6 Å². The Balaban J connectivity index is -0.000000270. The summed E-state index contributed by atoms with van der Waals surface area (Å²) < 4.78 is 0. The van der Waals surface area contributed by atoms with E-state index in [1.165, 1.54) is 0 Å². The predicted octanol–water partition coefficient (Wildman–Crippen LogP) is -18.2. The van der Waals surface area contributed by atoms with Crippen molar-refractivity contribution in [2.45, 2.75) is 25.3 Å². The predicted molar refractivity (Wildman–Crippen MR) is 49.2 cm³/mol. The van der Waals surface area contributed by atoms with Crippen LogP contribution in [0.5, 0.6) is 0 Å². The molecule has 0 amide bonds. The van der Waals surface area contributed by atoms with Gasteiger partial charge in [0.25, 0.3) is 0 Å². The number of aliphatic carboxylic acids is 4. The maximum absolute atomic E-state index is 10.8. The molecule has 108 valence electrons. The van der Waals surface area contributed by atoms with E-state index < -0.39 is 49.2 Å². The smallest absolute Gasteiger partial charge is 0.550 e. The van der Waals surface area contributed by atoms with Gasteiger partial charge in [-0.25, -0.2) is 0 Å². The fourth-order valence-electron chi connectivity index (χ4n) is 1.41. The zero-order chi connectivity index (χ0) is 15.0. The second-order valence-corrected chi connectivity index (χ2v) is 3.69. The standard InChI is InChI=1S/C10H15NO8.4Na/c12-7(13)1-3-11(4-2-8(14)15)6(10(18)19)5-9(16)17;;;;/h6H,1-5H2,(H,12,13)(H,14,15)(H,16,17)(H,18,19);;;;/q;4*+1/p-4/t6-;;;;/m0..../s1. The molecular weight excluding hydrogens is 354 g/mol. The first kappa shape index (κ1) is 35.9. The van der Waals surface area contributed by atoms with Crippen LogP contribution in [0.2, 0.25) is 0 Å². The van der Waals surface area contributed by atoms with Gasteiger partial charge in [0.1, 0.15) is 0 Å². The van der Waals surface area contributed by atoms with Crippen molar-refractivity contribution in [3.05, 3.63) is 0 Å². The Kier molecular flexibility index (Phi) is 31.4. The summed E-state index contributed by atoms with van der Waals surface area (Å²) in [6.45, 7) is -0.775. The number of carbonyl (C=O) groups excluding carboxylic acids is 4. The third-order valence-electron chi connectivity index (χ3n) is 2.28. The van der Waals surface area contributed by atoms with Crippen molar-refractivity contribution < 1.29 is 158 Å². The normalized spacial score (nSPS) is 9.96. The van der Waals surface area contributed by atoms with Crippen LogP contribution in [0.3, 0.4) is 0 Å². The minimum Gasteiger partial charge on any atom is -0.550 e. The van der Waals surface area contributed by atoms with Crippen LogP contribution in [0.4, 0.5) is 0 Å². The van der Waals surface area contributed by atoms with Crippen LogP contribution in [0, 0.1) is 0 Å². The Morgan fingerprint density at radius 1 is 0.696 bits per heavy atom. The van der Waals surface area contributed by atoms with Crippen molar-refractivity contribution in [1.82, 2.24) is 4.90 Å². The SMILES string of the molecule is O=C([O-])CCN(CCC(=O)[O-])[C@@H](CC(=O)[O-])C(=O)[O-].[Na+].[Na+].[Na+].[Na+]. The summed E-state index contributed by atoms with van der Waals surface area (Å²) in [5.74, 6) is -6.41. The van der Waals surface area contributed by atoms with Crippen LogP contribution in [-0.2, 0) is 19.2 Å². The quantitative estimate of drug-likeness (QED) is 0.342. The molecule has 0 heterocycles. The minimum atomic E-state index is -1.76. The third-order valence-corrected chi connectivity index (χ3v) is 2.28. The molecule has 9 nitrogen and oxygen atoms in total. The zero-order valence-corrected chi connectivity index (χ0v) is 21.8. The van der Waals surface area contributed by atoms with E-state index in [2.05, 4.69) is 0 Å². The Bertz CT molecular complexity index is 364. The molecule has 0 unspecified atom stereocenters. The summed E-state index contributed by atoms with van der Waals surface area (Å²) in [7, 11) is 0. The monoisotopic (exact) mass is 365 g/mol. The van der Waals surface area contributed by atoms with E-state index in [1.54, 1.807) is 0 Å². The van der Waals surface area contributed by atoms with Crippen LogP contribution in [0.1, 0.15) is 19.3 Å². The largest absolute Gasteiger partial charge is 1.00 e. The van der Waals surface area contributed by atoms with Crippen LogP contribution in [-0.4, -0.2) is 47.9 Å². The van der Waals surface area contributed by atoms with Gasteiger partial charge in [0.05, 0.1) is 12.0 Å². The molecule has 0 bridgehead atoms. The first-order valence-electron chi connectivity index (χ1n) is 5.28. The van der Waals surface area contributed by atoms with E-state index in [1.807, 2.05) is 0 Å². The molecule has 0 aromatic rings. The number of carbonyl (C=O) groups is 4. The molecule has 0 saturated carbocycles. The molecule has 0 spiro atoms. The first-order chi connectivity index (χ1) is 8.73. The van der Waals surface area contributed by atoms with E-state index in [0.29, 0.717) is 0 Å². The average molecular weight is 365 g/mol. The third kappa shape index (κ3) is 20.0. The Morgan fingerprint density at radius 2 is 1.04 bits per heavy atom. The molecule has 23 heavy (non-hydrogen) atoms. The van der Waals surface area contributed by atoms with E-state index in [9.17, 15) is 39.6 Å². The number of carboxylic acid groups (broad SMARTS) is 4. The number of hydrogen-bond donors (Lipinski definition) is 0. The summed E-state index contributed by atoms with van der Waals surface area (Å²) in [5.41, 5.74) is 0. The van der Waals surface area contributed by atoms with Gasteiger partial charge in [-0.05, 0) is 12.8 Å². The maximum atomic E-state index is 10.8. The molecule has 0 aliphatic carbocycles. The van der Waals surface area contributed by atoms with Gasteiger partial charge >= 0.3 is 118 Å². The number of carboxylic acids is 4. The Labute approximate surface area is 221 Å². The van der Waals surface area contributed by atoms with E-state index in [0.717, 1.165) is 4.90 Å². The van der Waals surface area contributed by atoms with Crippen LogP contribution in [0.15, 0.2) is 0 Å². The van der Waals surface area contributed by atoms with Crippen molar-refractivity contribution in [3.63, 3.8) is 0 Å². The number of rotatable bonds is 10. The van der Waals surface area contributed by atoms with Crippen molar-refractivity contribution >= 4 is 23.9 Å². The summed E-state index contributed by atoms with van der Waals surface area (Å²) in [6.07, 6.45) is -2.10. The van der Waals surface area contributed by atoms with Crippen molar-refractivity contribution in [3.8, 4) is 0 Å². The van der Waals surface area contributed by atoms with E-state index in [-0.39, 0.29) is 131 Å². The summed E-state index contributed by atoms with van der Waals surface area (Å²) in [6, 6.07) is -1.68. The van der Waals surface area contributed by atoms with Crippen molar-refractivity contribution in [1.29, 1.82) is 0 Å². The molecule has 1 atom stereocenters. The topological polar surface area (TPSA) is 164 Å². The summed E-state index contributed by atoms with van der Waals surface area (Å²) >= 11 is 0. The van der Waals surface area contributed by atoms with Gasteiger partial charge in [0.15, 0.2) is 0 Å². The van der Waals surface area contributed by atoms with Crippen molar-refractivity contribution in [2.75, 3.05) is 13.1 Å². The molecular formula is C10H11NNa4O8. The molecule has 13 heteroatoms. The molecule has 0 rings (SSSR count). The fourth-order valence-corrected chi connectivity index (χ4v) is 1.41. The molecule has 0 saturated heterocycles. The fraction of sp³-hybridized carbons (Fsp3) is 0.600. The zero-order valence-electron chi connectivity index (χ0n) is 13.8. The summed E-state index contributed by atoms with van der Waals surface area (Å²) in [5, 5.41) is 41.8. The maximum Gasteiger partial charge on any atom is 1.00 e. The number of nitrogens with zero attached hydrogens (tertiary/aromatic N) is 1. The Hall–Kier alpha value is 1.84. The van der Waals surface area contributed by atoms with E-state index in [4.69, 9.17) is 0 Å². The first-order valence-corrected chi connectivity index (χ1v) is 5.28.